The van der Waals surface area contributed by atoms with E-state index >= 15 is 0 Å². The highest BCUT2D eigenvalue weighted by Gasteiger charge is 2.19. The van der Waals surface area contributed by atoms with E-state index in [0.29, 0.717) is 0 Å². The molecule has 2 aromatic heterocycles. The molecule has 10 aromatic rings. The summed E-state index contributed by atoms with van der Waals surface area (Å²) in [6, 6.07) is 58.3. The van der Waals surface area contributed by atoms with Gasteiger partial charge < -0.3 is 4.57 Å². The molecule has 0 N–H and O–H groups in total. The minimum atomic E-state index is 0.874. The van der Waals surface area contributed by atoms with Crippen LogP contribution in [0.15, 0.2) is 164 Å². The first-order valence-corrected chi connectivity index (χ1v) is 16.0. The van der Waals surface area contributed by atoms with E-state index in [0.717, 1.165) is 44.6 Å². The first-order valence-electron chi connectivity index (χ1n) is 16.0. The summed E-state index contributed by atoms with van der Waals surface area (Å²) in [5.41, 5.74) is 9.10. The molecular formula is C44H27N3. The highest BCUT2D eigenvalue weighted by atomic mass is 15.0. The van der Waals surface area contributed by atoms with Gasteiger partial charge in [0.15, 0.2) is 0 Å². The summed E-state index contributed by atoms with van der Waals surface area (Å²) in [5.74, 6) is 0. The van der Waals surface area contributed by atoms with Crippen molar-refractivity contribution in [3.05, 3.63) is 164 Å². The fraction of sp³-hybridized carbons (Fsp3) is 0. The van der Waals surface area contributed by atoms with Crippen molar-refractivity contribution in [1.29, 1.82) is 0 Å². The van der Waals surface area contributed by atoms with Crippen LogP contribution in [0, 0.1) is 0 Å². The molecule has 0 spiro atoms. The van der Waals surface area contributed by atoms with Crippen LogP contribution >= 0.6 is 0 Å². The molecule has 218 valence electrons. The Morgan fingerprint density at radius 3 is 1.55 bits per heavy atom. The van der Waals surface area contributed by atoms with E-state index in [9.17, 15) is 0 Å². The molecule has 47 heavy (non-hydrogen) atoms. The van der Waals surface area contributed by atoms with E-state index < -0.39 is 0 Å². The van der Waals surface area contributed by atoms with E-state index in [1.165, 1.54) is 48.7 Å². The van der Waals surface area contributed by atoms with Crippen molar-refractivity contribution in [3.8, 4) is 28.2 Å². The Balaban J connectivity index is 1.28. The normalized spacial score (nSPS) is 11.8. The molecule has 8 aromatic carbocycles. The van der Waals surface area contributed by atoms with Gasteiger partial charge in [-0.1, -0.05) is 127 Å². The zero-order valence-electron chi connectivity index (χ0n) is 25.4. The fourth-order valence-electron chi connectivity index (χ4n) is 7.44. The second kappa shape index (κ2) is 10.1. The monoisotopic (exact) mass is 597 g/mol. The molecule has 0 aliphatic rings. The molecule has 2 heterocycles. The maximum atomic E-state index is 5.29. The van der Waals surface area contributed by atoms with Gasteiger partial charge in [-0.2, -0.15) is 0 Å². The summed E-state index contributed by atoms with van der Waals surface area (Å²) in [7, 11) is 0. The first kappa shape index (κ1) is 26.0. The number of fused-ring (bicyclic) bond motifs is 9. The average Bonchev–Trinajstić information content (AvgIpc) is 3.49. The molecule has 0 saturated heterocycles. The largest absolute Gasteiger partial charge is 0.309 e. The van der Waals surface area contributed by atoms with E-state index in [2.05, 4.69) is 144 Å². The number of nitrogens with zero attached hydrogens (tertiary/aromatic N) is 3. The maximum Gasteiger partial charge on any atom is 0.0979 e. The van der Waals surface area contributed by atoms with Crippen LogP contribution in [-0.4, -0.2) is 14.5 Å². The molecule has 0 aliphatic carbocycles. The quantitative estimate of drug-likeness (QED) is 0.203. The standard InChI is InChI=1S/C44H27N3/c1-4-17-33-28(11-1)14-10-20-36(33)44-43(45-37-21-7-8-22-38(37)46-44)31-15-9-16-32(27-31)47-39-25-23-29-12-2-5-18-34(29)41(39)42-35-19-6-3-13-30(35)24-26-40(42)47/h1-27H. The second-order valence-corrected chi connectivity index (χ2v) is 12.2. The molecule has 0 saturated carbocycles. The van der Waals surface area contributed by atoms with Crippen molar-refractivity contribution in [2.45, 2.75) is 0 Å². The number of para-hydroxylation sites is 2. The summed E-state index contributed by atoms with van der Waals surface area (Å²) >= 11 is 0. The number of rotatable bonds is 3. The summed E-state index contributed by atoms with van der Waals surface area (Å²) in [6.07, 6.45) is 0. The van der Waals surface area contributed by atoms with Gasteiger partial charge in [-0.3, -0.25) is 0 Å². The summed E-state index contributed by atoms with van der Waals surface area (Å²) in [5, 5.41) is 9.92. The third-order valence-corrected chi connectivity index (χ3v) is 9.54. The van der Waals surface area contributed by atoms with Crippen LogP contribution < -0.4 is 0 Å². The molecule has 0 amide bonds. The number of hydrogen-bond acceptors (Lipinski definition) is 2. The van der Waals surface area contributed by atoms with Gasteiger partial charge in [-0.25, -0.2) is 9.97 Å². The highest BCUT2D eigenvalue weighted by Crippen LogP contribution is 2.41. The van der Waals surface area contributed by atoms with Gasteiger partial charge in [-0.15, -0.1) is 0 Å². The molecule has 0 aliphatic heterocycles. The van der Waals surface area contributed by atoms with Gasteiger partial charge in [-0.05, 0) is 68.7 Å². The minimum Gasteiger partial charge on any atom is -0.309 e. The zero-order valence-corrected chi connectivity index (χ0v) is 25.4. The number of aromatic nitrogens is 3. The second-order valence-electron chi connectivity index (χ2n) is 12.2. The van der Waals surface area contributed by atoms with Crippen LogP contribution in [0.3, 0.4) is 0 Å². The lowest BCUT2D eigenvalue weighted by atomic mass is 9.98. The Labute approximate surface area is 271 Å². The zero-order chi connectivity index (χ0) is 30.9. The third-order valence-electron chi connectivity index (χ3n) is 9.54. The van der Waals surface area contributed by atoms with Crippen LogP contribution in [0.2, 0.25) is 0 Å². The van der Waals surface area contributed by atoms with Crippen molar-refractivity contribution in [2.24, 2.45) is 0 Å². The average molecular weight is 598 g/mol. The lowest BCUT2D eigenvalue weighted by molar-refractivity contribution is 1.18. The lowest BCUT2D eigenvalue weighted by Gasteiger charge is -2.14. The summed E-state index contributed by atoms with van der Waals surface area (Å²) < 4.78 is 2.42. The van der Waals surface area contributed by atoms with E-state index in [1.54, 1.807) is 0 Å². The summed E-state index contributed by atoms with van der Waals surface area (Å²) in [6.45, 7) is 0. The molecule has 3 nitrogen and oxygen atoms in total. The Hall–Kier alpha value is -6.32. The van der Waals surface area contributed by atoms with Crippen molar-refractivity contribution in [1.82, 2.24) is 14.5 Å². The van der Waals surface area contributed by atoms with Crippen molar-refractivity contribution in [2.75, 3.05) is 0 Å². The smallest absolute Gasteiger partial charge is 0.0979 e. The van der Waals surface area contributed by atoms with Gasteiger partial charge in [0.25, 0.3) is 0 Å². The Morgan fingerprint density at radius 2 is 0.894 bits per heavy atom. The molecule has 3 heteroatoms. The topological polar surface area (TPSA) is 30.7 Å². The van der Waals surface area contributed by atoms with Crippen molar-refractivity contribution < 1.29 is 0 Å². The fourth-order valence-corrected chi connectivity index (χ4v) is 7.44. The minimum absolute atomic E-state index is 0.874. The van der Waals surface area contributed by atoms with Gasteiger partial charge in [0.05, 0.1) is 33.5 Å². The van der Waals surface area contributed by atoms with Gasteiger partial charge in [0.2, 0.25) is 0 Å². The number of benzene rings is 8. The van der Waals surface area contributed by atoms with E-state index in [4.69, 9.17) is 9.97 Å². The van der Waals surface area contributed by atoms with Gasteiger partial charge in [0.1, 0.15) is 0 Å². The third kappa shape index (κ3) is 3.93. The Morgan fingerprint density at radius 1 is 0.383 bits per heavy atom. The van der Waals surface area contributed by atoms with E-state index in [-0.39, 0.29) is 0 Å². The molecule has 0 radical (unpaired) electrons. The SMILES string of the molecule is c1cc(-c2nc3ccccc3nc2-c2cccc3ccccc23)cc(-n2c3ccc4ccccc4c3c3c4ccccc4ccc32)c1. The molecule has 10 rings (SSSR count). The van der Waals surface area contributed by atoms with Gasteiger partial charge in [0, 0.05) is 27.6 Å². The summed E-state index contributed by atoms with van der Waals surface area (Å²) in [4.78, 5) is 10.5. The molecule has 0 unspecified atom stereocenters. The van der Waals surface area contributed by atoms with Crippen LogP contribution in [0.5, 0.6) is 0 Å². The molecule has 0 bridgehead atoms. The molecule has 0 atom stereocenters. The van der Waals surface area contributed by atoms with Crippen LogP contribution in [0.1, 0.15) is 0 Å². The van der Waals surface area contributed by atoms with Crippen LogP contribution in [0.25, 0.3) is 93.4 Å². The first-order chi connectivity index (χ1) is 23.3. The Kier molecular flexibility index (Phi) is 5.57. The van der Waals surface area contributed by atoms with Crippen LogP contribution in [0.4, 0.5) is 0 Å². The predicted molar refractivity (Wildman–Crippen MR) is 197 cm³/mol. The Bertz CT molecular complexity index is 2760. The van der Waals surface area contributed by atoms with Gasteiger partial charge >= 0.3 is 0 Å². The van der Waals surface area contributed by atoms with Crippen molar-refractivity contribution in [3.63, 3.8) is 0 Å². The van der Waals surface area contributed by atoms with E-state index in [1.807, 2.05) is 24.3 Å². The van der Waals surface area contributed by atoms with Crippen molar-refractivity contribution >= 4 is 65.2 Å². The lowest BCUT2D eigenvalue weighted by Crippen LogP contribution is -1.98. The van der Waals surface area contributed by atoms with Crippen LogP contribution in [-0.2, 0) is 0 Å². The number of hydrogen-bond donors (Lipinski definition) is 0. The molecular weight excluding hydrogens is 571 g/mol. The molecule has 0 fully saturated rings. The highest BCUT2D eigenvalue weighted by molar-refractivity contribution is 6.28. The predicted octanol–water partition coefficient (Wildman–Crippen LogP) is 11.5. The maximum absolute atomic E-state index is 5.29.